The van der Waals surface area contributed by atoms with Crippen LogP contribution in [0.3, 0.4) is 0 Å². The van der Waals surface area contributed by atoms with E-state index < -0.39 is 0 Å². The molecule has 2 N–H and O–H groups in total. The van der Waals surface area contributed by atoms with Crippen LogP contribution in [0.1, 0.15) is 38.1 Å². The summed E-state index contributed by atoms with van der Waals surface area (Å²) in [5, 5.41) is 6.75. The minimum Gasteiger partial charge on any atom is -0.381 e. The van der Waals surface area contributed by atoms with Crippen LogP contribution in [0.5, 0.6) is 0 Å². The summed E-state index contributed by atoms with van der Waals surface area (Å²) in [6, 6.07) is 0. The predicted molar refractivity (Wildman–Crippen MR) is 77.8 cm³/mol. The summed E-state index contributed by atoms with van der Waals surface area (Å²) in [6.45, 7) is 7.99. The van der Waals surface area contributed by atoms with Gasteiger partial charge in [-0.1, -0.05) is 6.92 Å². The SMILES string of the molecule is CCc1nc(NC)c(C)c(NC2(C)CCOCC2)n1. The highest BCUT2D eigenvalue weighted by atomic mass is 16.5. The maximum Gasteiger partial charge on any atom is 0.135 e. The van der Waals surface area contributed by atoms with Crippen LogP contribution in [0.4, 0.5) is 11.6 Å². The van der Waals surface area contributed by atoms with Crippen LogP contribution in [0.15, 0.2) is 0 Å². The Balaban J connectivity index is 2.27. The number of nitrogens with one attached hydrogen (secondary N) is 2. The molecule has 1 saturated heterocycles. The van der Waals surface area contributed by atoms with Crippen molar-refractivity contribution in [1.82, 2.24) is 9.97 Å². The molecule has 106 valence electrons. The number of anilines is 2. The summed E-state index contributed by atoms with van der Waals surface area (Å²) < 4.78 is 5.44. The van der Waals surface area contributed by atoms with Gasteiger partial charge in [0.15, 0.2) is 0 Å². The molecule has 19 heavy (non-hydrogen) atoms. The molecule has 0 radical (unpaired) electrons. The molecule has 1 aromatic rings. The second-order valence-corrected chi connectivity index (χ2v) is 5.36. The number of aryl methyl sites for hydroxylation is 1. The highest BCUT2D eigenvalue weighted by Gasteiger charge is 2.28. The number of hydrogen-bond donors (Lipinski definition) is 2. The van der Waals surface area contributed by atoms with Gasteiger partial charge in [-0.15, -0.1) is 0 Å². The van der Waals surface area contributed by atoms with E-state index in [1.165, 1.54) is 0 Å². The van der Waals surface area contributed by atoms with E-state index in [1.807, 2.05) is 7.05 Å². The van der Waals surface area contributed by atoms with Gasteiger partial charge in [0, 0.05) is 37.8 Å². The largest absolute Gasteiger partial charge is 0.381 e. The molecule has 0 unspecified atom stereocenters. The van der Waals surface area contributed by atoms with Gasteiger partial charge in [0.1, 0.15) is 17.5 Å². The molecule has 0 bridgehead atoms. The zero-order valence-corrected chi connectivity index (χ0v) is 12.3. The first-order chi connectivity index (χ1) is 9.08. The minimum atomic E-state index is 0.0629. The van der Waals surface area contributed by atoms with E-state index in [-0.39, 0.29) is 5.54 Å². The molecule has 1 aliphatic heterocycles. The highest BCUT2D eigenvalue weighted by Crippen LogP contribution is 2.28. The Kier molecular flexibility index (Phi) is 4.24. The number of aromatic nitrogens is 2. The zero-order chi connectivity index (χ0) is 13.9. The molecule has 0 saturated carbocycles. The third kappa shape index (κ3) is 3.15. The smallest absolute Gasteiger partial charge is 0.135 e. The van der Waals surface area contributed by atoms with E-state index in [1.54, 1.807) is 0 Å². The Morgan fingerprint density at radius 1 is 1.21 bits per heavy atom. The summed E-state index contributed by atoms with van der Waals surface area (Å²) in [4.78, 5) is 9.13. The van der Waals surface area contributed by atoms with Gasteiger partial charge in [0.2, 0.25) is 0 Å². The molecular weight excluding hydrogens is 240 g/mol. The van der Waals surface area contributed by atoms with Gasteiger partial charge >= 0.3 is 0 Å². The van der Waals surface area contributed by atoms with Gasteiger partial charge < -0.3 is 15.4 Å². The number of hydrogen-bond acceptors (Lipinski definition) is 5. The van der Waals surface area contributed by atoms with Gasteiger partial charge in [-0.25, -0.2) is 9.97 Å². The first-order valence-corrected chi connectivity index (χ1v) is 6.99. The van der Waals surface area contributed by atoms with Gasteiger partial charge in [0.25, 0.3) is 0 Å². The first kappa shape index (κ1) is 14.1. The van der Waals surface area contributed by atoms with E-state index in [0.29, 0.717) is 0 Å². The zero-order valence-electron chi connectivity index (χ0n) is 12.3. The molecule has 0 aromatic carbocycles. The molecule has 1 fully saturated rings. The van der Waals surface area contributed by atoms with Crippen molar-refractivity contribution in [1.29, 1.82) is 0 Å². The highest BCUT2D eigenvalue weighted by molar-refractivity contribution is 5.58. The van der Waals surface area contributed by atoms with Crippen LogP contribution in [-0.2, 0) is 11.2 Å². The Labute approximate surface area is 115 Å². The predicted octanol–water partition coefficient (Wildman–Crippen LogP) is 2.37. The summed E-state index contributed by atoms with van der Waals surface area (Å²) in [5.74, 6) is 2.72. The fraction of sp³-hybridized carbons (Fsp3) is 0.714. The lowest BCUT2D eigenvalue weighted by Gasteiger charge is -2.35. The standard InChI is InChI=1S/C14H24N4O/c1-5-11-16-12(15-4)10(2)13(17-11)18-14(3)6-8-19-9-7-14/h5-9H2,1-4H3,(H2,15,16,17,18). The Morgan fingerprint density at radius 2 is 1.84 bits per heavy atom. The second-order valence-electron chi connectivity index (χ2n) is 5.36. The van der Waals surface area contributed by atoms with Crippen LogP contribution in [0.2, 0.25) is 0 Å². The molecule has 0 atom stereocenters. The quantitative estimate of drug-likeness (QED) is 0.874. The fourth-order valence-electron chi connectivity index (χ4n) is 2.32. The third-order valence-electron chi connectivity index (χ3n) is 3.76. The monoisotopic (exact) mass is 264 g/mol. The minimum absolute atomic E-state index is 0.0629. The first-order valence-electron chi connectivity index (χ1n) is 6.99. The van der Waals surface area contributed by atoms with Crippen molar-refractivity contribution in [2.24, 2.45) is 0 Å². The molecule has 0 amide bonds. The number of nitrogens with zero attached hydrogens (tertiary/aromatic N) is 2. The van der Waals surface area contributed by atoms with E-state index in [0.717, 1.165) is 55.5 Å². The van der Waals surface area contributed by atoms with E-state index in [4.69, 9.17) is 4.74 Å². The Morgan fingerprint density at radius 3 is 2.42 bits per heavy atom. The maximum absolute atomic E-state index is 5.44. The van der Waals surface area contributed by atoms with E-state index in [2.05, 4.69) is 41.4 Å². The molecule has 5 nitrogen and oxygen atoms in total. The number of rotatable bonds is 4. The third-order valence-corrected chi connectivity index (χ3v) is 3.76. The van der Waals surface area contributed by atoms with Crippen molar-refractivity contribution >= 4 is 11.6 Å². The Hall–Kier alpha value is -1.36. The molecule has 1 aliphatic rings. The second kappa shape index (κ2) is 5.74. The van der Waals surface area contributed by atoms with Crippen LogP contribution in [0, 0.1) is 6.92 Å². The topological polar surface area (TPSA) is 59.1 Å². The van der Waals surface area contributed by atoms with Crippen molar-refractivity contribution in [2.45, 2.75) is 45.6 Å². The van der Waals surface area contributed by atoms with Gasteiger partial charge in [-0.3, -0.25) is 0 Å². The van der Waals surface area contributed by atoms with Crippen molar-refractivity contribution < 1.29 is 4.74 Å². The van der Waals surface area contributed by atoms with Crippen LogP contribution >= 0.6 is 0 Å². The van der Waals surface area contributed by atoms with E-state index in [9.17, 15) is 0 Å². The van der Waals surface area contributed by atoms with Crippen LogP contribution in [0.25, 0.3) is 0 Å². The normalized spacial score (nSPS) is 18.1. The lowest BCUT2D eigenvalue weighted by atomic mass is 9.92. The molecule has 5 heteroatoms. The summed E-state index contributed by atoms with van der Waals surface area (Å²) in [6.07, 6.45) is 2.85. The number of ether oxygens (including phenoxy) is 1. The summed E-state index contributed by atoms with van der Waals surface area (Å²) >= 11 is 0. The average Bonchev–Trinajstić information content (AvgIpc) is 2.41. The molecular formula is C14H24N4O. The summed E-state index contributed by atoms with van der Waals surface area (Å²) in [7, 11) is 1.90. The Bertz CT molecular complexity index is 441. The van der Waals surface area contributed by atoms with Crippen LogP contribution < -0.4 is 10.6 Å². The van der Waals surface area contributed by atoms with Crippen molar-refractivity contribution in [2.75, 3.05) is 30.9 Å². The van der Waals surface area contributed by atoms with Gasteiger partial charge in [-0.2, -0.15) is 0 Å². The molecule has 0 spiro atoms. The summed E-state index contributed by atoms with van der Waals surface area (Å²) in [5.41, 5.74) is 1.14. The fourth-order valence-corrected chi connectivity index (χ4v) is 2.32. The van der Waals surface area contributed by atoms with Crippen molar-refractivity contribution in [3.63, 3.8) is 0 Å². The average molecular weight is 264 g/mol. The van der Waals surface area contributed by atoms with Crippen molar-refractivity contribution in [3.8, 4) is 0 Å². The van der Waals surface area contributed by atoms with Gasteiger partial charge in [-0.05, 0) is 26.7 Å². The molecule has 1 aromatic heterocycles. The molecule has 0 aliphatic carbocycles. The van der Waals surface area contributed by atoms with Gasteiger partial charge in [0.05, 0.1) is 0 Å². The van der Waals surface area contributed by atoms with E-state index >= 15 is 0 Å². The molecule has 2 rings (SSSR count). The van der Waals surface area contributed by atoms with Crippen LogP contribution in [-0.4, -0.2) is 35.8 Å². The lowest BCUT2D eigenvalue weighted by Crippen LogP contribution is -2.41. The lowest BCUT2D eigenvalue weighted by molar-refractivity contribution is 0.0657. The van der Waals surface area contributed by atoms with Crippen molar-refractivity contribution in [3.05, 3.63) is 11.4 Å². The maximum atomic E-state index is 5.44. The molecule has 2 heterocycles.